The van der Waals surface area contributed by atoms with Gasteiger partial charge in [0.2, 0.25) is 0 Å². The molecule has 0 aromatic carbocycles. The van der Waals surface area contributed by atoms with Crippen LogP contribution >= 0.6 is 15.9 Å². The van der Waals surface area contributed by atoms with Crippen molar-refractivity contribution >= 4 is 15.9 Å². The van der Waals surface area contributed by atoms with Gasteiger partial charge in [-0.1, -0.05) is 6.07 Å². The van der Waals surface area contributed by atoms with Gasteiger partial charge in [-0.2, -0.15) is 0 Å². The van der Waals surface area contributed by atoms with Crippen molar-refractivity contribution in [3.8, 4) is 11.4 Å². The van der Waals surface area contributed by atoms with Gasteiger partial charge in [-0.05, 0) is 54.0 Å². The molecule has 0 N–H and O–H groups in total. The third kappa shape index (κ3) is 2.23. The molecule has 0 saturated heterocycles. The molecule has 76 valence electrons. The maximum absolute atomic E-state index is 4.47. The van der Waals surface area contributed by atoms with Crippen LogP contribution in [-0.2, 0) is 0 Å². The Hall–Kier alpha value is -1.22. The lowest BCUT2D eigenvalue weighted by molar-refractivity contribution is 1.14. The number of aryl methyl sites for hydroxylation is 2. The molecule has 0 aliphatic rings. The van der Waals surface area contributed by atoms with Crippen molar-refractivity contribution in [2.24, 2.45) is 0 Å². The van der Waals surface area contributed by atoms with Crippen molar-refractivity contribution in [1.82, 2.24) is 9.97 Å². The molecule has 2 aromatic rings. The Morgan fingerprint density at radius 3 is 2.33 bits per heavy atom. The Balaban J connectivity index is 2.50. The zero-order chi connectivity index (χ0) is 10.8. The average Bonchev–Trinajstić information content (AvgIpc) is 2.22. The van der Waals surface area contributed by atoms with E-state index in [9.17, 15) is 0 Å². The van der Waals surface area contributed by atoms with E-state index < -0.39 is 0 Å². The molecular formula is C12H11BrN2. The van der Waals surface area contributed by atoms with Gasteiger partial charge >= 0.3 is 0 Å². The third-order valence-corrected chi connectivity index (χ3v) is 3.01. The van der Waals surface area contributed by atoms with Crippen molar-refractivity contribution in [3.63, 3.8) is 0 Å². The van der Waals surface area contributed by atoms with Crippen LogP contribution in [0.3, 0.4) is 0 Å². The van der Waals surface area contributed by atoms with Gasteiger partial charge in [0.25, 0.3) is 0 Å². The maximum Gasteiger partial charge on any atom is 0.0890 e. The summed E-state index contributed by atoms with van der Waals surface area (Å²) in [5.41, 5.74) is 3.83. The summed E-state index contributed by atoms with van der Waals surface area (Å²) in [5.74, 6) is 0. The van der Waals surface area contributed by atoms with Crippen molar-refractivity contribution in [3.05, 3.63) is 46.2 Å². The van der Waals surface area contributed by atoms with Gasteiger partial charge in [-0.15, -0.1) is 0 Å². The molecular weight excluding hydrogens is 252 g/mol. The molecule has 0 saturated carbocycles. The number of rotatable bonds is 1. The standard InChI is InChI=1S/C12H11BrN2/c1-8-4-3-5-11(14-8)12-7-6-10(13)9(2)15-12/h3-7H,1-2H3. The zero-order valence-corrected chi connectivity index (χ0v) is 10.2. The van der Waals surface area contributed by atoms with E-state index in [0.717, 1.165) is 27.2 Å². The Morgan fingerprint density at radius 2 is 1.67 bits per heavy atom. The monoisotopic (exact) mass is 262 g/mol. The predicted molar refractivity (Wildman–Crippen MR) is 64.6 cm³/mol. The van der Waals surface area contributed by atoms with Crippen molar-refractivity contribution in [2.75, 3.05) is 0 Å². The predicted octanol–water partition coefficient (Wildman–Crippen LogP) is 3.52. The second-order valence-corrected chi connectivity index (χ2v) is 4.28. The van der Waals surface area contributed by atoms with Crippen molar-refractivity contribution < 1.29 is 0 Å². The molecule has 2 nitrogen and oxygen atoms in total. The van der Waals surface area contributed by atoms with Crippen LogP contribution in [0.4, 0.5) is 0 Å². The number of aromatic nitrogens is 2. The fourth-order valence-electron chi connectivity index (χ4n) is 1.37. The zero-order valence-electron chi connectivity index (χ0n) is 8.66. The molecule has 2 rings (SSSR count). The highest BCUT2D eigenvalue weighted by atomic mass is 79.9. The van der Waals surface area contributed by atoms with Gasteiger partial charge in [0.1, 0.15) is 0 Å². The first-order chi connectivity index (χ1) is 7.16. The molecule has 2 aromatic heterocycles. The van der Waals surface area contributed by atoms with Crippen LogP contribution in [0.2, 0.25) is 0 Å². The molecule has 0 bridgehead atoms. The fourth-order valence-corrected chi connectivity index (χ4v) is 1.59. The highest BCUT2D eigenvalue weighted by Crippen LogP contribution is 2.20. The fraction of sp³-hybridized carbons (Fsp3) is 0.167. The minimum absolute atomic E-state index is 0.916. The molecule has 0 radical (unpaired) electrons. The van der Waals surface area contributed by atoms with Gasteiger partial charge in [-0.3, -0.25) is 9.97 Å². The summed E-state index contributed by atoms with van der Waals surface area (Å²) in [6, 6.07) is 9.93. The second-order valence-electron chi connectivity index (χ2n) is 3.43. The summed E-state index contributed by atoms with van der Waals surface area (Å²) in [4.78, 5) is 8.91. The van der Waals surface area contributed by atoms with Crippen LogP contribution in [0, 0.1) is 13.8 Å². The average molecular weight is 263 g/mol. The van der Waals surface area contributed by atoms with E-state index in [4.69, 9.17) is 0 Å². The molecule has 0 spiro atoms. The van der Waals surface area contributed by atoms with Crippen LogP contribution in [0.5, 0.6) is 0 Å². The van der Waals surface area contributed by atoms with Crippen molar-refractivity contribution in [2.45, 2.75) is 13.8 Å². The normalized spacial score (nSPS) is 10.3. The Morgan fingerprint density at radius 1 is 0.933 bits per heavy atom. The third-order valence-electron chi connectivity index (χ3n) is 2.17. The van der Waals surface area contributed by atoms with Crippen LogP contribution in [0.25, 0.3) is 11.4 Å². The maximum atomic E-state index is 4.47. The van der Waals surface area contributed by atoms with E-state index in [1.807, 2.05) is 44.2 Å². The second kappa shape index (κ2) is 4.11. The van der Waals surface area contributed by atoms with Crippen LogP contribution in [0.1, 0.15) is 11.4 Å². The lowest BCUT2D eigenvalue weighted by Crippen LogP contribution is -1.91. The summed E-state index contributed by atoms with van der Waals surface area (Å²) in [6.45, 7) is 3.96. The summed E-state index contributed by atoms with van der Waals surface area (Å²) >= 11 is 3.43. The molecule has 0 amide bonds. The molecule has 0 unspecified atom stereocenters. The van der Waals surface area contributed by atoms with Gasteiger partial charge in [0.05, 0.1) is 17.1 Å². The van der Waals surface area contributed by atoms with E-state index in [1.54, 1.807) is 0 Å². The smallest absolute Gasteiger partial charge is 0.0890 e. The largest absolute Gasteiger partial charge is 0.251 e. The molecule has 0 aliphatic heterocycles. The van der Waals surface area contributed by atoms with Crippen LogP contribution < -0.4 is 0 Å². The van der Waals surface area contributed by atoms with E-state index in [1.165, 1.54) is 0 Å². The minimum Gasteiger partial charge on any atom is -0.251 e. The first-order valence-electron chi connectivity index (χ1n) is 4.74. The van der Waals surface area contributed by atoms with Gasteiger partial charge in [0, 0.05) is 10.2 Å². The number of nitrogens with zero attached hydrogens (tertiary/aromatic N) is 2. The Kier molecular flexibility index (Phi) is 2.82. The summed E-state index contributed by atoms with van der Waals surface area (Å²) in [5, 5.41) is 0. The number of halogens is 1. The van der Waals surface area contributed by atoms with Crippen LogP contribution in [-0.4, -0.2) is 9.97 Å². The van der Waals surface area contributed by atoms with E-state index in [2.05, 4.69) is 25.9 Å². The summed E-state index contributed by atoms with van der Waals surface area (Å²) < 4.78 is 1.03. The van der Waals surface area contributed by atoms with Gasteiger partial charge < -0.3 is 0 Å². The van der Waals surface area contributed by atoms with Gasteiger partial charge in [-0.25, -0.2) is 0 Å². The summed E-state index contributed by atoms with van der Waals surface area (Å²) in [6.07, 6.45) is 0. The molecule has 0 fully saturated rings. The highest BCUT2D eigenvalue weighted by Gasteiger charge is 2.03. The molecule has 3 heteroatoms. The van der Waals surface area contributed by atoms with Crippen LogP contribution in [0.15, 0.2) is 34.8 Å². The highest BCUT2D eigenvalue weighted by molar-refractivity contribution is 9.10. The molecule has 2 heterocycles. The van der Waals surface area contributed by atoms with E-state index >= 15 is 0 Å². The first-order valence-corrected chi connectivity index (χ1v) is 5.53. The lowest BCUT2D eigenvalue weighted by atomic mass is 10.2. The Labute approximate surface area is 97.5 Å². The number of hydrogen-bond acceptors (Lipinski definition) is 2. The van der Waals surface area contributed by atoms with Crippen molar-refractivity contribution in [1.29, 1.82) is 0 Å². The lowest BCUT2D eigenvalue weighted by Gasteiger charge is -2.03. The SMILES string of the molecule is Cc1cccc(-c2ccc(Br)c(C)n2)n1. The minimum atomic E-state index is 0.916. The van der Waals surface area contributed by atoms with E-state index in [-0.39, 0.29) is 0 Å². The molecule has 15 heavy (non-hydrogen) atoms. The van der Waals surface area contributed by atoms with Gasteiger partial charge in [0.15, 0.2) is 0 Å². The summed E-state index contributed by atoms with van der Waals surface area (Å²) in [7, 11) is 0. The number of pyridine rings is 2. The molecule has 0 atom stereocenters. The van der Waals surface area contributed by atoms with E-state index in [0.29, 0.717) is 0 Å². The Bertz CT molecular complexity index is 495. The molecule has 0 aliphatic carbocycles. The first kappa shape index (κ1) is 10.3. The number of hydrogen-bond donors (Lipinski definition) is 0. The quantitative estimate of drug-likeness (QED) is 0.786. The topological polar surface area (TPSA) is 25.8 Å².